The highest BCUT2D eigenvalue weighted by molar-refractivity contribution is 5.49. The van der Waals surface area contributed by atoms with Crippen LogP contribution < -0.4 is 10.2 Å². The van der Waals surface area contributed by atoms with Crippen LogP contribution in [0.15, 0.2) is 42.5 Å². The Balaban J connectivity index is 2.06. The molecule has 1 N–H and O–H groups in total. The fourth-order valence-electron chi connectivity index (χ4n) is 1.77. The van der Waals surface area contributed by atoms with Crippen LogP contribution in [0.4, 0.5) is 20.2 Å². The normalized spacial score (nSPS) is 10.3. The predicted octanol–water partition coefficient (Wildman–Crippen LogP) is 3.64. The second-order valence-electron chi connectivity index (χ2n) is 4.51. The van der Waals surface area contributed by atoms with Crippen molar-refractivity contribution in [2.24, 2.45) is 0 Å². The molecule has 2 aromatic carbocycles. The molecule has 0 atom stereocenters. The Morgan fingerprint density at radius 1 is 0.947 bits per heavy atom. The highest BCUT2D eigenvalue weighted by atomic mass is 19.1. The van der Waals surface area contributed by atoms with Crippen molar-refractivity contribution in [3.8, 4) is 0 Å². The number of benzene rings is 2. The number of hydrogen-bond donors (Lipinski definition) is 1. The highest BCUT2D eigenvalue weighted by Crippen LogP contribution is 2.19. The summed E-state index contributed by atoms with van der Waals surface area (Å²) in [4.78, 5) is 1.99. The van der Waals surface area contributed by atoms with Crippen LogP contribution in [0.5, 0.6) is 0 Å². The SMILES string of the molecule is CN(C)c1ccc(CNc2c(F)cccc2F)cc1. The van der Waals surface area contributed by atoms with Crippen molar-refractivity contribution in [2.45, 2.75) is 6.54 Å². The highest BCUT2D eigenvalue weighted by Gasteiger charge is 2.07. The lowest BCUT2D eigenvalue weighted by Crippen LogP contribution is -2.09. The molecule has 0 spiro atoms. The van der Waals surface area contributed by atoms with Crippen molar-refractivity contribution in [1.29, 1.82) is 0 Å². The zero-order chi connectivity index (χ0) is 13.8. The summed E-state index contributed by atoms with van der Waals surface area (Å²) in [5.41, 5.74) is 1.97. The zero-order valence-electron chi connectivity index (χ0n) is 11.0. The van der Waals surface area contributed by atoms with Gasteiger partial charge in [-0.05, 0) is 29.8 Å². The van der Waals surface area contributed by atoms with Crippen molar-refractivity contribution in [3.63, 3.8) is 0 Å². The van der Waals surface area contributed by atoms with E-state index in [1.54, 1.807) is 0 Å². The van der Waals surface area contributed by atoms with Crippen molar-refractivity contribution in [1.82, 2.24) is 0 Å². The quantitative estimate of drug-likeness (QED) is 0.905. The molecule has 2 nitrogen and oxygen atoms in total. The van der Waals surface area contributed by atoms with E-state index in [-0.39, 0.29) is 5.69 Å². The molecule has 0 radical (unpaired) electrons. The second-order valence-corrected chi connectivity index (χ2v) is 4.51. The van der Waals surface area contributed by atoms with Crippen molar-refractivity contribution < 1.29 is 8.78 Å². The standard InChI is InChI=1S/C15H16F2N2/c1-19(2)12-8-6-11(7-9-12)10-18-15-13(16)4-3-5-14(15)17/h3-9,18H,10H2,1-2H3. The van der Waals surface area contributed by atoms with Crippen LogP contribution in [0.25, 0.3) is 0 Å². The molecule has 0 unspecified atom stereocenters. The van der Waals surface area contributed by atoms with E-state index in [0.29, 0.717) is 6.54 Å². The Kier molecular flexibility index (Phi) is 4.00. The number of rotatable bonds is 4. The fourth-order valence-corrected chi connectivity index (χ4v) is 1.77. The lowest BCUT2D eigenvalue weighted by atomic mass is 10.2. The van der Waals surface area contributed by atoms with Gasteiger partial charge in [-0.15, -0.1) is 0 Å². The molecular weight excluding hydrogens is 246 g/mol. The monoisotopic (exact) mass is 262 g/mol. The minimum atomic E-state index is -0.579. The molecule has 0 bridgehead atoms. The third-order valence-electron chi connectivity index (χ3n) is 2.88. The van der Waals surface area contributed by atoms with Gasteiger partial charge >= 0.3 is 0 Å². The molecule has 0 saturated carbocycles. The summed E-state index contributed by atoms with van der Waals surface area (Å²) in [6, 6.07) is 11.6. The second kappa shape index (κ2) is 5.69. The average molecular weight is 262 g/mol. The van der Waals surface area contributed by atoms with Gasteiger partial charge in [-0.3, -0.25) is 0 Å². The first-order valence-corrected chi connectivity index (χ1v) is 6.02. The summed E-state index contributed by atoms with van der Waals surface area (Å²) >= 11 is 0. The van der Waals surface area contributed by atoms with E-state index in [4.69, 9.17) is 0 Å². The first-order valence-electron chi connectivity index (χ1n) is 6.02. The summed E-state index contributed by atoms with van der Waals surface area (Å²) < 4.78 is 26.8. The lowest BCUT2D eigenvalue weighted by Gasteiger charge is -2.13. The number of halogens is 2. The predicted molar refractivity (Wildman–Crippen MR) is 74.5 cm³/mol. The van der Waals surface area contributed by atoms with Gasteiger partial charge in [0.1, 0.15) is 17.3 Å². The molecule has 0 aliphatic rings. The Labute approximate surface area is 111 Å². The van der Waals surface area contributed by atoms with Gasteiger partial charge in [0.15, 0.2) is 0 Å². The van der Waals surface area contributed by atoms with Crippen LogP contribution >= 0.6 is 0 Å². The van der Waals surface area contributed by atoms with Gasteiger partial charge in [-0.1, -0.05) is 18.2 Å². The minimum Gasteiger partial charge on any atom is -0.378 e. The van der Waals surface area contributed by atoms with Crippen LogP contribution in [0, 0.1) is 11.6 Å². The molecular formula is C15H16F2N2. The van der Waals surface area contributed by atoms with Crippen LogP contribution in [0.3, 0.4) is 0 Å². The molecule has 0 saturated heterocycles. The van der Waals surface area contributed by atoms with Gasteiger partial charge in [-0.2, -0.15) is 0 Å². The van der Waals surface area contributed by atoms with E-state index in [1.807, 2.05) is 43.3 Å². The topological polar surface area (TPSA) is 15.3 Å². The number of hydrogen-bond acceptors (Lipinski definition) is 2. The van der Waals surface area contributed by atoms with E-state index in [1.165, 1.54) is 18.2 Å². The fraction of sp³-hybridized carbons (Fsp3) is 0.200. The van der Waals surface area contributed by atoms with E-state index in [9.17, 15) is 8.78 Å². The summed E-state index contributed by atoms with van der Waals surface area (Å²) in [5, 5.41) is 2.78. The molecule has 0 heterocycles. The van der Waals surface area contributed by atoms with Crippen LogP contribution in [-0.4, -0.2) is 14.1 Å². The van der Waals surface area contributed by atoms with Gasteiger partial charge in [0.2, 0.25) is 0 Å². The molecule has 100 valence electrons. The van der Waals surface area contributed by atoms with Gasteiger partial charge < -0.3 is 10.2 Å². The first-order chi connectivity index (χ1) is 9.08. The molecule has 0 aliphatic carbocycles. The van der Waals surface area contributed by atoms with Gasteiger partial charge in [0.05, 0.1) is 0 Å². The minimum absolute atomic E-state index is 0.0841. The maximum absolute atomic E-state index is 13.4. The van der Waals surface area contributed by atoms with Crippen LogP contribution in [-0.2, 0) is 6.54 Å². The molecule has 4 heteroatoms. The Morgan fingerprint density at radius 3 is 2.05 bits per heavy atom. The van der Waals surface area contributed by atoms with E-state index >= 15 is 0 Å². The molecule has 19 heavy (non-hydrogen) atoms. The third kappa shape index (κ3) is 3.22. The number of para-hydroxylation sites is 1. The molecule has 2 aromatic rings. The molecule has 0 amide bonds. The van der Waals surface area contributed by atoms with Gasteiger partial charge in [0.25, 0.3) is 0 Å². The number of nitrogens with one attached hydrogen (secondary N) is 1. The summed E-state index contributed by atoms with van der Waals surface area (Å²) in [6.07, 6.45) is 0. The summed E-state index contributed by atoms with van der Waals surface area (Å²) in [7, 11) is 3.92. The van der Waals surface area contributed by atoms with Gasteiger partial charge in [-0.25, -0.2) is 8.78 Å². The average Bonchev–Trinajstić information content (AvgIpc) is 2.38. The summed E-state index contributed by atoms with van der Waals surface area (Å²) in [5.74, 6) is -1.16. The first kappa shape index (κ1) is 13.3. The Bertz CT molecular complexity index is 530. The number of anilines is 2. The zero-order valence-corrected chi connectivity index (χ0v) is 11.0. The van der Waals surface area contributed by atoms with E-state index < -0.39 is 11.6 Å². The van der Waals surface area contributed by atoms with Crippen LogP contribution in [0.1, 0.15) is 5.56 Å². The molecule has 0 fully saturated rings. The maximum atomic E-state index is 13.4. The third-order valence-corrected chi connectivity index (χ3v) is 2.88. The van der Waals surface area contributed by atoms with Crippen molar-refractivity contribution >= 4 is 11.4 Å². The molecule has 0 aromatic heterocycles. The maximum Gasteiger partial charge on any atom is 0.149 e. The van der Waals surface area contributed by atoms with Crippen LogP contribution in [0.2, 0.25) is 0 Å². The van der Waals surface area contributed by atoms with E-state index in [2.05, 4.69) is 5.32 Å². The van der Waals surface area contributed by atoms with E-state index in [0.717, 1.165) is 11.3 Å². The summed E-state index contributed by atoms with van der Waals surface area (Å²) in [6.45, 7) is 0.381. The smallest absolute Gasteiger partial charge is 0.149 e. The van der Waals surface area contributed by atoms with Crippen molar-refractivity contribution in [3.05, 3.63) is 59.7 Å². The molecule has 0 aliphatic heterocycles. The Hall–Kier alpha value is -2.10. The lowest BCUT2D eigenvalue weighted by molar-refractivity contribution is 0.588. The Morgan fingerprint density at radius 2 is 1.53 bits per heavy atom. The van der Waals surface area contributed by atoms with Gasteiger partial charge in [0, 0.05) is 26.3 Å². The largest absolute Gasteiger partial charge is 0.378 e. The molecule has 2 rings (SSSR count). The van der Waals surface area contributed by atoms with Crippen molar-refractivity contribution in [2.75, 3.05) is 24.3 Å². The number of nitrogens with zero attached hydrogens (tertiary/aromatic N) is 1.